The van der Waals surface area contributed by atoms with Crippen LogP contribution in [-0.4, -0.2) is 70.6 Å². The SMILES string of the molecule is CCC(C)N(CC(=O)N1CCCN(c2ccc(-c3ccc(F)cc3)nn2)CC1)C(=O)CC(C)C. The van der Waals surface area contributed by atoms with Gasteiger partial charge in [-0.25, -0.2) is 4.39 Å². The summed E-state index contributed by atoms with van der Waals surface area (Å²) in [5, 5.41) is 8.68. The molecule has 34 heavy (non-hydrogen) atoms. The molecular formula is C26H36FN5O2. The summed E-state index contributed by atoms with van der Waals surface area (Å²) in [5.41, 5.74) is 1.50. The predicted octanol–water partition coefficient (Wildman–Crippen LogP) is 3.99. The molecule has 0 bridgehead atoms. The smallest absolute Gasteiger partial charge is 0.242 e. The summed E-state index contributed by atoms with van der Waals surface area (Å²) in [6, 6.07) is 10.0. The van der Waals surface area contributed by atoms with E-state index in [1.807, 2.05) is 44.7 Å². The topological polar surface area (TPSA) is 69.6 Å². The van der Waals surface area contributed by atoms with Crippen molar-refractivity contribution in [3.05, 3.63) is 42.2 Å². The molecule has 1 saturated heterocycles. The van der Waals surface area contributed by atoms with Gasteiger partial charge in [0, 0.05) is 44.2 Å². The van der Waals surface area contributed by atoms with E-state index in [1.54, 1.807) is 17.0 Å². The van der Waals surface area contributed by atoms with Crippen molar-refractivity contribution in [2.75, 3.05) is 37.6 Å². The molecule has 1 atom stereocenters. The lowest BCUT2D eigenvalue weighted by molar-refractivity contribution is -0.142. The maximum Gasteiger partial charge on any atom is 0.242 e. The van der Waals surface area contributed by atoms with Crippen LogP contribution in [0.1, 0.15) is 47.0 Å². The molecule has 0 saturated carbocycles. The van der Waals surface area contributed by atoms with Gasteiger partial charge in [0.2, 0.25) is 11.8 Å². The average Bonchev–Trinajstić information content (AvgIpc) is 3.08. The van der Waals surface area contributed by atoms with Gasteiger partial charge in [-0.1, -0.05) is 20.8 Å². The van der Waals surface area contributed by atoms with Gasteiger partial charge in [-0.2, -0.15) is 0 Å². The summed E-state index contributed by atoms with van der Waals surface area (Å²) >= 11 is 0. The first-order valence-corrected chi connectivity index (χ1v) is 12.2. The first kappa shape index (κ1) is 25.6. The molecule has 0 aliphatic carbocycles. The van der Waals surface area contributed by atoms with Crippen LogP contribution in [0.5, 0.6) is 0 Å². The number of benzene rings is 1. The lowest BCUT2D eigenvalue weighted by atomic mass is 10.1. The van der Waals surface area contributed by atoms with E-state index in [0.717, 1.165) is 30.8 Å². The monoisotopic (exact) mass is 469 g/mol. The third kappa shape index (κ3) is 6.74. The zero-order chi connectivity index (χ0) is 24.7. The minimum absolute atomic E-state index is 0.00278. The molecular weight excluding hydrogens is 433 g/mol. The normalized spacial score (nSPS) is 15.2. The van der Waals surface area contributed by atoms with Crippen molar-refractivity contribution in [2.45, 2.75) is 53.0 Å². The van der Waals surface area contributed by atoms with Crippen molar-refractivity contribution in [3.8, 4) is 11.3 Å². The molecule has 1 aliphatic heterocycles. The van der Waals surface area contributed by atoms with E-state index in [4.69, 9.17) is 0 Å². The van der Waals surface area contributed by atoms with E-state index >= 15 is 0 Å². The molecule has 1 unspecified atom stereocenters. The molecule has 0 radical (unpaired) electrons. The van der Waals surface area contributed by atoms with Crippen molar-refractivity contribution in [1.29, 1.82) is 0 Å². The van der Waals surface area contributed by atoms with Gasteiger partial charge in [0.1, 0.15) is 5.82 Å². The van der Waals surface area contributed by atoms with Gasteiger partial charge >= 0.3 is 0 Å². The highest BCUT2D eigenvalue weighted by molar-refractivity contribution is 5.85. The zero-order valence-electron chi connectivity index (χ0n) is 20.7. The van der Waals surface area contributed by atoms with Gasteiger partial charge in [0.05, 0.1) is 12.2 Å². The fraction of sp³-hybridized carbons (Fsp3) is 0.538. The Hall–Kier alpha value is -3.03. The van der Waals surface area contributed by atoms with E-state index in [-0.39, 0.29) is 36.1 Å². The molecule has 1 fully saturated rings. The Morgan fingerprint density at radius 2 is 1.74 bits per heavy atom. The van der Waals surface area contributed by atoms with E-state index < -0.39 is 0 Å². The first-order chi connectivity index (χ1) is 16.3. The number of carbonyl (C=O) groups is 2. The molecule has 1 aromatic carbocycles. The van der Waals surface area contributed by atoms with Crippen LogP contribution >= 0.6 is 0 Å². The third-order valence-corrected chi connectivity index (χ3v) is 6.29. The minimum atomic E-state index is -0.284. The number of rotatable bonds is 8. The molecule has 0 spiro atoms. The number of halogens is 1. The van der Waals surface area contributed by atoms with Gasteiger partial charge in [-0.3, -0.25) is 9.59 Å². The summed E-state index contributed by atoms with van der Waals surface area (Å²) < 4.78 is 13.2. The highest BCUT2D eigenvalue weighted by Crippen LogP contribution is 2.20. The van der Waals surface area contributed by atoms with Crippen molar-refractivity contribution >= 4 is 17.6 Å². The lowest BCUT2D eigenvalue weighted by Gasteiger charge is -2.31. The first-order valence-electron chi connectivity index (χ1n) is 12.2. The van der Waals surface area contributed by atoms with Crippen molar-refractivity contribution < 1.29 is 14.0 Å². The zero-order valence-corrected chi connectivity index (χ0v) is 20.7. The van der Waals surface area contributed by atoms with Crippen LogP contribution in [0.4, 0.5) is 10.2 Å². The molecule has 0 N–H and O–H groups in total. The molecule has 3 rings (SSSR count). The highest BCUT2D eigenvalue weighted by Gasteiger charge is 2.26. The van der Waals surface area contributed by atoms with Crippen LogP contribution in [0.3, 0.4) is 0 Å². The van der Waals surface area contributed by atoms with Gasteiger partial charge in [-0.15, -0.1) is 10.2 Å². The Balaban J connectivity index is 1.61. The standard InChI is InChI=1S/C26H36FN5O2/c1-5-20(4)32(25(33)17-19(2)3)18-26(34)31-14-6-13-30(15-16-31)24-12-11-23(28-29-24)21-7-9-22(27)10-8-21/h7-12,19-20H,5-6,13-18H2,1-4H3. The Labute approximate surface area is 201 Å². The van der Waals surface area contributed by atoms with E-state index in [9.17, 15) is 14.0 Å². The molecule has 184 valence electrons. The van der Waals surface area contributed by atoms with Crippen molar-refractivity contribution in [3.63, 3.8) is 0 Å². The number of aromatic nitrogens is 2. The van der Waals surface area contributed by atoms with Crippen molar-refractivity contribution in [2.24, 2.45) is 5.92 Å². The molecule has 2 amide bonds. The number of amides is 2. The van der Waals surface area contributed by atoms with Gasteiger partial charge in [-0.05, 0) is 62.1 Å². The molecule has 7 nitrogen and oxygen atoms in total. The van der Waals surface area contributed by atoms with Gasteiger partial charge in [0.15, 0.2) is 5.82 Å². The lowest BCUT2D eigenvalue weighted by Crippen LogP contribution is -2.47. The van der Waals surface area contributed by atoms with Crippen LogP contribution in [0.25, 0.3) is 11.3 Å². The third-order valence-electron chi connectivity index (χ3n) is 6.29. The van der Waals surface area contributed by atoms with Crippen molar-refractivity contribution in [1.82, 2.24) is 20.0 Å². The van der Waals surface area contributed by atoms with Gasteiger partial charge in [0.25, 0.3) is 0 Å². The van der Waals surface area contributed by atoms with Gasteiger partial charge < -0.3 is 14.7 Å². The second kappa shape index (κ2) is 11.9. The largest absolute Gasteiger partial charge is 0.353 e. The predicted molar refractivity (Wildman–Crippen MR) is 132 cm³/mol. The van der Waals surface area contributed by atoms with E-state index in [2.05, 4.69) is 15.1 Å². The number of hydrogen-bond acceptors (Lipinski definition) is 5. The fourth-order valence-corrected chi connectivity index (χ4v) is 4.09. The van der Waals surface area contributed by atoms with Crippen LogP contribution in [-0.2, 0) is 9.59 Å². The van der Waals surface area contributed by atoms with Crippen LogP contribution < -0.4 is 4.90 Å². The maximum atomic E-state index is 13.2. The summed E-state index contributed by atoms with van der Waals surface area (Å²) in [6.07, 6.45) is 2.09. The summed E-state index contributed by atoms with van der Waals surface area (Å²) in [6.45, 7) is 10.9. The van der Waals surface area contributed by atoms with E-state index in [1.165, 1.54) is 12.1 Å². The summed E-state index contributed by atoms with van der Waals surface area (Å²) in [4.78, 5) is 31.6. The average molecular weight is 470 g/mol. The number of anilines is 1. The number of carbonyl (C=O) groups excluding carboxylic acids is 2. The second-order valence-electron chi connectivity index (χ2n) is 9.38. The molecule has 2 aromatic rings. The Morgan fingerprint density at radius 3 is 2.35 bits per heavy atom. The molecule has 1 aliphatic rings. The van der Waals surface area contributed by atoms with Crippen LogP contribution in [0, 0.1) is 11.7 Å². The highest BCUT2D eigenvalue weighted by atomic mass is 19.1. The summed E-state index contributed by atoms with van der Waals surface area (Å²) in [5.74, 6) is 0.779. The van der Waals surface area contributed by atoms with E-state index in [0.29, 0.717) is 31.7 Å². The summed E-state index contributed by atoms with van der Waals surface area (Å²) in [7, 11) is 0. The Kier molecular flexibility index (Phi) is 8.96. The Morgan fingerprint density at radius 1 is 1.00 bits per heavy atom. The fourth-order valence-electron chi connectivity index (χ4n) is 4.09. The molecule has 2 heterocycles. The van der Waals surface area contributed by atoms with Crippen LogP contribution in [0.2, 0.25) is 0 Å². The molecule has 8 heteroatoms. The molecule has 1 aromatic heterocycles. The maximum absolute atomic E-state index is 13.2. The number of nitrogens with zero attached hydrogens (tertiary/aromatic N) is 5. The second-order valence-corrected chi connectivity index (χ2v) is 9.38. The van der Waals surface area contributed by atoms with Crippen LogP contribution in [0.15, 0.2) is 36.4 Å². The minimum Gasteiger partial charge on any atom is -0.353 e. The Bertz CT molecular complexity index is 949. The quantitative estimate of drug-likeness (QED) is 0.585. The number of hydrogen-bond donors (Lipinski definition) is 0.